The summed E-state index contributed by atoms with van der Waals surface area (Å²) in [5.41, 5.74) is 2.69. The molecule has 2 aromatic rings. The van der Waals surface area contributed by atoms with Gasteiger partial charge in [0, 0.05) is 12.2 Å². The van der Waals surface area contributed by atoms with Gasteiger partial charge in [-0.3, -0.25) is 19.6 Å². The lowest BCUT2D eigenvalue weighted by Crippen LogP contribution is -2.53. The predicted octanol–water partition coefficient (Wildman–Crippen LogP) is 3.47. The van der Waals surface area contributed by atoms with E-state index in [1.54, 1.807) is 36.7 Å². The second-order valence-corrected chi connectivity index (χ2v) is 8.28. The molecule has 3 N–H and O–H groups in total. The lowest BCUT2D eigenvalue weighted by atomic mass is 9.81. The van der Waals surface area contributed by atoms with Gasteiger partial charge in [-0.2, -0.15) is 0 Å². The first-order valence-electron chi connectivity index (χ1n) is 11.3. The van der Waals surface area contributed by atoms with E-state index in [1.165, 1.54) is 36.3 Å². The monoisotopic (exact) mass is 471 g/mol. The highest BCUT2D eigenvalue weighted by Gasteiger charge is 2.41. The molecule has 3 rings (SSSR count). The lowest BCUT2D eigenvalue weighted by Gasteiger charge is -2.38. The van der Waals surface area contributed by atoms with Gasteiger partial charge >= 0.3 is 0 Å². The molecule has 3 atom stereocenters. The molecular weight excluding hydrogens is 441 g/mol. The van der Waals surface area contributed by atoms with E-state index < -0.39 is 29.6 Å². The van der Waals surface area contributed by atoms with Gasteiger partial charge in [0.1, 0.15) is 17.6 Å². The second-order valence-electron chi connectivity index (χ2n) is 8.28. The van der Waals surface area contributed by atoms with Crippen LogP contribution in [0.1, 0.15) is 44.1 Å². The zero-order chi connectivity index (χ0) is 24.7. The smallest absolute Gasteiger partial charge is 0.247 e. The number of hydrogen-bond donors (Lipinski definition) is 3. The van der Waals surface area contributed by atoms with Crippen LogP contribution in [0.25, 0.3) is 0 Å². The highest BCUT2D eigenvalue weighted by atomic mass is 19.1. The Hall–Kier alpha value is -3.46. The Kier molecular flexibility index (Phi) is 8.59. The number of likely N-dealkylation sites (tertiary alicyclic amines) is 1. The van der Waals surface area contributed by atoms with Crippen molar-refractivity contribution in [2.24, 2.45) is 5.92 Å². The number of nitrogens with zero attached hydrogens (tertiary/aromatic N) is 1. The molecule has 0 aliphatic carbocycles. The SMILES string of the molecule is CC[C@H](C(=O)NO)C(C(=O)N1CCCC[C@H]1C(=O)Nc1ccc(F)cc1)c1ccc(OC)cc1. The fourth-order valence-electron chi connectivity index (χ4n) is 4.42. The Morgan fingerprint density at radius 1 is 1.12 bits per heavy atom. The van der Waals surface area contributed by atoms with Crippen LogP contribution in [0.15, 0.2) is 48.5 Å². The summed E-state index contributed by atoms with van der Waals surface area (Å²) in [6, 6.07) is 11.5. The molecule has 0 bridgehead atoms. The molecule has 182 valence electrons. The number of halogens is 1. The molecule has 1 aliphatic heterocycles. The van der Waals surface area contributed by atoms with Crippen molar-refractivity contribution in [3.8, 4) is 5.75 Å². The minimum atomic E-state index is -0.901. The van der Waals surface area contributed by atoms with Crippen LogP contribution in [-0.2, 0) is 14.4 Å². The fraction of sp³-hybridized carbons (Fsp3) is 0.400. The van der Waals surface area contributed by atoms with E-state index >= 15 is 0 Å². The molecular formula is C25H30FN3O5. The Morgan fingerprint density at radius 3 is 2.38 bits per heavy atom. The average molecular weight is 472 g/mol. The highest BCUT2D eigenvalue weighted by molar-refractivity contribution is 5.99. The summed E-state index contributed by atoms with van der Waals surface area (Å²) >= 11 is 0. The number of hydrogen-bond acceptors (Lipinski definition) is 5. The molecule has 0 radical (unpaired) electrons. The van der Waals surface area contributed by atoms with E-state index in [-0.39, 0.29) is 11.8 Å². The first-order valence-corrected chi connectivity index (χ1v) is 11.3. The number of piperidine rings is 1. The van der Waals surface area contributed by atoms with Crippen molar-refractivity contribution >= 4 is 23.4 Å². The number of anilines is 1. The number of amides is 3. The molecule has 0 saturated carbocycles. The van der Waals surface area contributed by atoms with E-state index in [4.69, 9.17) is 4.74 Å². The molecule has 1 aliphatic rings. The van der Waals surface area contributed by atoms with Crippen LogP contribution in [0, 0.1) is 11.7 Å². The second kappa shape index (κ2) is 11.6. The third-order valence-electron chi connectivity index (χ3n) is 6.23. The minimum absolute atomic E-state index is 0.301. The quantitative estimate of drug-likeness (QED) is 0.404. The van der Waals surface area contributed by atoms with Gasteiger partial charge in [0.2, 0.25) is 17.7 Å². The van der Waals surface area contributed by atoms with E-state index in [1.807, 2.05) is 0 Å². The molecule has 1 heterocycles. The molecule has 0 aromatic heterocycles. The molecule has 34 heavy (non-hydrogen) atoms. The maximum Gasteiger partial charge on any atom is 0.247 e. The van der Waals surface area contributed by atoms with Crippen LogP contribution in [-0.4, -0.2) is 47.5 Å². The molecule has 0 spiro atoms. The van der Waals surface area contributed by atoms with Crippen LogP contribution in [0.5, 0.6) is 5.75 Å². The first-order chi connectivity index (χ1) is 16.4. The zero-order valence-electron chi connectivity index (χ0n) is 19.3. The number of rotatable bonds is 8. The fourth-order valence-corrected chi connectivity index (χ4v) is 4.42. The van der Waals surface area contributed by atoms with Gasteiger partial charge in [-0.1, -0.05) is 19.1 Å². The van der Waals surface area contributed by atoms with E-state index in [2.05, 4.69) is 5.32 Å². The van der Waals surface area contributed by atoms with Crippen molar-refractivity contribution in [1.29, 1.82) is 0 Å². The third-order valence-corrected chi connectivity index (χ3v) is 6.23. The van der Waals surface area contributed by atoms with Crippen LogP contribution >= 0.6 is 0 Å². The van der Waals surface area contributed by atoms with Gasteiger partial charge in [0.15, 0.2) is 0 Å². The normalized spacial score (nSPS) is 17.4. The molecule has 3 amide bonds. The lowest BCUT2D eigenvalue weighted by molar-refractivity contribution is -0.146. The summed E-state index contributed by atoms with van der Waals surface area (Å²) in [6.07, 6.45) is 2.27. The predicted molar refractivity (Wildman–Crippen MR) is 124 cm³/mol. The largest absolute Gasteiger partial charge is 0.497 e. The molecule has 1 fully saturated rings. The summed E-state index contributed by atoms with van der Waals surface area (Å²) in [5, 5.41) is 12.1. The summed E-state index contributed by atoms with van der Waals surface area (Å²) in [4.78, 5) is 41.0. The van der Waals surface area contributed by atoms with E-state index in [0.717, 1.165) is 12.8 Å². The number of nitrogens with one attached hydrogen (secondary N) is 2. The molecule has 9 heteroatoms. The van der Waals surface area contributed by atoms with Crippen LogP contribution in [0.4, 0.5) is 10.1 Å². The van der Waals surface area contributed by atoms with Gasteiger partial charge in [-0.15, -0.1) is 0 Å². The summed E-state index contributed by atoms with van der Waals surface area (Å²) < 4.78 is 18.4. The summed E-state index contributed by atoms with van der Waals surface area (Å²) in [5.74, 6) is -2.95. The zero-order valence-corrected chi connectivity index (χ0v) is 19.3. The topological polar surface area (TPSA) is 108 Å². The van der Waals surface area contributed by atoms with E-state index in [0.29, 0.717) is 36.4 Å². The molecule has 2 aromatic carbocycles. The molecule has 1 saturated heterocycles. The third kappa shape index (κ3) is 5.72. The van der Waals surface area contributed by atoms with Crippen molar-refractivity contribution in [1.82, 2.24) is 10.4 Å². The maximum atomic E-state index is 13.9. The van der Waals surface area contributed by atoms with Gasteiger partial charge in [0.05, 0.1) is 18.9 Å². The number of ether oxygens (including phenoxy) is 1. The number of hydroxylamine groups is 1. The number of benzene rings is 2. The van der Waals surface area contributed by atoms with Gasteiger partial charge < -0.3 is 15.0 Å². The van der Waals surface area contributed by atoms with Crippen LogP contribution < -0.4 is 15.5 Å². The molecule has 1 unspecified atom stereocenters. The van der Waals surface area contributed by atoms with Crippen LogP contribution in [0.2, 0.25) is 0 Å². The van der Waals surface area contributed by atoms with Gasteiger partial charge in [0.25, 0.3) is 0 Å². The van der Waals surface area contributed by atoms with Crippen molar-refractivity contribution in [3.63, 3.8) is 0 Å². The van der Waals surface area contributed by atoms with E-state index in [9.17, 15) is 24.0 Å². The minimum Gasteiger partial charge on any atom is -0.497 e. The number of carbonyl (C=O) groups excluding carboxylic acids is 3. The Labute approximate surface area is 198 Å². The molecule has 8 nitrogen and oxygen atoms in total. The van der Waals surface area contributed by atoms with Crippen molar-refractivity contribution < 1.29 is 28.7 Å². The average Bonchev–Trinajstić information content (AvgIpc) is 2.87. The number of methoxy groups -OCH3 is 1. The van der Waals surface area contributed by atoms with Gasteiger partial charge in [-0.25, -0.2) is 9.87 Å². The van der Waals surface area contributed by atoms with Crippen molar-refractivity contribution in [2.75, 3.05) is 19.0 Å². The Morgan fingerprint density at radius 2 is 1.79 bits per heavy atom. The maximum absolute atomic E-state index is 13.9. The summed E-state index contributed by atoms with van der Waals surface area (Å²) in [7, 11) is 1.53. The van der Waals surface area contributed by atoms with Crippen molar-refractivity contribution in [2.45, 2.75) is 44.6 Å². The van der Waals surface area contributed by atoms with Gasteiger partial charge in [-0.05, 0) is 67.6 Å². The Balaban J connectivity index is 1.91. The standard InChI is InChI=1S/C25H30FN3O5/c1-3-20(23(30)28-33)22(16-7-13-19(34-2)14-8-16)25(32)29-15-5-4-6-21(29)24(31)27-18-11-9-17(26)10-12-18/h7-14,20-22,33H,3-6,15H2,1-2H3,(H,27,31)(H,28,30)/t20-,21-,22?/m0/s1. The summed E-state index contributed by atoms with van der Waals surface area (Å²) in [6.45, 7) is 2.13. The Bertz CT molecular complexity index is 997. The van der Waals surface area contributed by atoms with Crippen molar-refractivity contribution in [3.05, 3.63) is 59.9 Å². The first kappa shape index (κ1) is 25.2. The number of carbonyl (C=O) groups is 3. The highest BCUT2D eigenvalue weighted by Crippen LogP contribution is 2.33. The van der Waals surface area contributed by atoms with Crippen LogP contribution in [0.3, 0.4) is 0 Å².